The van der Waals surface area contributed by atoms with Gasteiger partial charge in [0, 0.05) is 24.2 Å². The number of thiazole rings is 1. The van der Waals surface area contributed by atoms with Crippen molar-refractivity contribution in [1.29, 1.82) is 0 Å². The predicted molar refractivity (Wildman–Crippen MR) is 139 cm³/mol. The highest BCUT2D eigenvalue weighted by Gasteiger charge is 2.33. The molecule has 0 bridgehead atoms. The highest BCUT2D eigenvalue weighted by molar-refractivity contribution is 7.09. The molecule has 39 heavy (non-hydrogen) atoms. The van der Waals surface area contributed by atoms with E-state index in [4.69, 9.17) is 9.47 Å². The van der Waals surface area contributed by atoms with E-state index in [9.17, 15) is 27.9 Å². The molecule has 8 nitrogen and oxygen atoms in total. The van der Waals surface area contributed by atoms with Crippen molar-refractivity contribution in [3.05, 3.63) is 45.2 Å². The summed E-state index contributed by atoms with van der Waals surface area (Å²) in [6.07, 6.45) is 0.0744. The van der Waals surface area contributed by atoms with Crippen molar-refractivity contribution >= 4 is 23.3 Å². The summed E-state index contributed by atoms with van der Waals surface area (Å²) in [7, 11) is 0. The summed E-state index contributed by atoms with van der Waals surface area (Å²) >= 11 is 1.31. The largest absolute Gasteiger partial charge is 0.491 e. The molecule has 1 aromatic heterocycles. The van der Waals surface area contributed by atoms with E-state index in [-0.39, 0.29) is 29.4 Å². The molecule has 2 aromatic rings. The molecule has 214 valence electrons. The molecule has 0 spiro atoms. The summed E-state index contributed by atoms with van der Waals surface area (Å²) < 4.78 is 54.1. The van der Waals surface area contributed by atoms with E-state index in [1.54, 1.807) is 0 Å². The lowest BCUT2D eigenvalue weighted by Gasteiger charge is -2.33. The van der Waals surface area contributed by atoms with Gasteiger partial charge in [0.15, 0.2) is 4.80 Å². The third-order valence-electron chi connectivity index (χ3n) is 6.92. The monoisotopic (exact) mass is 569 g/mol. The van der Waals surface area contributed by atoms with Crippen LogP contribution in [0.4, 0.5) is 18.0 Å². The van der Waals surface area contributed by atoms with Crippen LogP contribution in [0.15, 0.2) is 29.4 Å². The number of nitrogens with zero attached hydrogens (tertiary/aromatic N) is 3. The third kappa shape index (κ3) is 7.21. The van der Waals surface area contributed by atoms with Crippen LogP contribution in [-0.4, -0.2) is 58.5 Å². The number of carboxylic acid groups (broad SMARTS) is 1. The molecule has 4 rings (SSSR count). The van der Waals surface area contributed by atoms with Gasteiger partial charge in [-0.15, -0.1) is 11.3 Å². The molecule has 12 heteroatoms. The summed E-state index contributed by atoms with van der Waals surface area (Å²) in [6, 6.07) is 2.25. The van der Waals surface area contributed by atoms with Crippen LogP contribution in [-0.2, 0) is 22.9 Å². The minimum absolute atomic E-state index is 0.0263. The lowest BCUT2D eigenvalue weighted by molar-refractivity contribution is -0.137. The van der Waals surface area contributed by atoms with Crippen LogP contribution in [0.2, 0.25) is 0 Å². The Bertz CT molecular complexity index is 1260. The van der Waals surface area contributed by atoms with Crippen LogP contribution in [0.25, 0.3) is 0 Å². The van der Waals surface area contributed by atoms with Gasteiger partial charge in [-0.25, -0.2) is 4.79 Å². The number of hydrogen-bond donors (Lipinski definition) is 1. The topological polar surface area (TPSA) is 93.4 Å². The van der Waals surface area contributed by atoms with Crippen molar-refractivity contribution in [3.8, 4) is 5.75 Å². The maximum absolute atomic E-state index is 13.6. The molecule has 0 radical (unpaired) electrons. The van der Waals surface area contributed by atoms with E-state index in [0.29, 0.717) is 30.9 Å². The molecular formula is C27H34F3N3O5S. The highest BCUT2D eigenvalue weighted by atomic mass is 32.1. The van der Waals surface area contributed by atoms with Gasteiger partial charge < -0.3 is 24.0 Å². The van der Waals surface area contributed by atoms with Crippen molar-refractivity contribution in [2.75, 3.05) is 19.8 Å². The number of hydrogen-bond acceptors (Lipinski definition) is 5. The smallest absolute Gasteiger partial charge is 0.416 e. The Morgan fingerprint density at radius 1 is 1.18 bits per heavy atom. The van der Waals surface area contributed by atoms with E-state index in [2.05, 4.69) is 4.99 Å². The second kappa shape index (κ2) is 11.7. The molecule has 2 atom stereocenters. The van der Waals surface area contributed by atoms with Crippen LogP contribution in [0.1, 0.15) is 73.7 Å². The molecule has 2 amide bonds. The first-order chi connectivity index (χ1) is 18.3. The first-order valence-corrected chi connectivity index (χ1v) is 13.9. The molecule has 2 aliphatic heterocycles. The number of alkyl halides is 3. The molecule has 0 aliphatic carbocycles. The molecule has 2 fully saturated rings. The predicted octanol–water partition coefficient (Wildman–Crippen LogP) is 5.70. The van der Waals surface area contributed by atoms with E-state index >= 15 is 0 Å². The van der Waals surface area contributed by atoms with Gasteiger partial charge in [-0.1, -0.05) is 20.8 Å². The van der Waals surface area contributed by atoms with Crippen molar-refractivity contribution in [2.24, 2.45) is 4.99 Å². The number of benzene rings is 1. The zero-order valence-corrected chi connectivity index (χ0v) is 23.1. The van der Waals surface area contributed by atoms with Gasteiger partial charge in [0.2, 0.25) is 0 Å². The standard InChI is InChI=1S/C27H34F3N3O5S/c1-26(2,3)22-15-32(14-19-8-6-12-37-19)24(39-22)31-23(34)20-13-17(27(28,29)30)9-10-21(20)38-16-18-7-4-5-11-33(18)25(35)36/h9-10,13,15,18-19H,4-8,11-12,14,16H2,1-3H3,(H,35,36)/t18-,19+/m0/s1. The maximum atomic E-state index is 13.6. The minimum atomic E-state index is -4.67. The molecule has 1 N–H and O–H groups in total. The van der Waals surface area contributed by atoms with Crippen molar-refractivity contribution in [3.63, 3.8) is 0 Å². The van der Waals surface area contributed by atoms with Gasteiger partial charge in [0.05, 0.1) is 29.8 Å². The molecule has 3 heterocycles. The number of carbonyl (C=O) groups excluding carboxylic acids is 1. The Morgan fingerprint density at radius 3 is 2.59 bits per heavy atom. The number of likely N-dealkylation sites (tertiary alicyclic amines) is 1. The van der Waals surface area contributed by atoms with E-state index in [1.165, 1.54) is 16.2 Å². The zero-order chi connectivity index (χ0) is 28.4. The normalized spacial score (nSPS) is 20.9. The fourth-order valence-electron chi connectivity index (χ4n) is 4.71. The number of piperidine rings is 1. The van der Waals surface area contributed by atoms with Gasteiger partial charge in [0.25, 0.3) is 5.91 Å². The minimum Gasteiger partial charge on any atom is -0.491 e. The van der Waals surface area contributed by atoms with Crippen LogP contribution >= 0.6 is 11.3 Å². The summed E-state index contributed by atoms with van der Waals surface area (Å²) in [5, 5.41) is 9.49. The zero-order valence-electron chi connectivity index (χ0n) is 22.3. The first-order valence-electron chi connectivity index (χ1n) is 13.1. The average molecular weight is 570 g/mol. The first kappa shape index (κ1) is 29.1. The van der Waals surface area contributed by atoms with Gasteiger partial charge in [0.1, 0.15) is 12.4 Å². The molecule has 2 saturated heterocycles. The van der Waals surface area contributed by atoms with Crippen molar-refractivity contribution in [1.82, 2.24) is 9.47 Å². The quantitative estimate of drug-likeness (QED) is 0.482. The summed E-state index contributed by atoms with van der Waals surface area (Å²) in [5.41, 5.74) is -1.54. The molecule has 0 unspecified atom stereocenters. The summed E-state index contributed by atoms with van der Waals surface area (Å²) in [5.74, 6) is -0.927. The lowest BCUT2D eigenvalue weighted by Crippen LogP contribution is -2.46. The fraction of sp³-hybridized carbons (Fsp3) is 0.593. The lowest BCUT2D eigenvalue weighted by atomic mass is 9.95. The second-order valence-corrected chi connectivity index (χ2v) is 12.0. The highest BCUT2D eigenvalue weighted by Crippen LogP contribution is 2.33. The van der Waals surface area contributed by atoms with Crippen LogP contribution in [0, 0.1) is 0 Å². The third-order valence-corrected chi connectivity index (χ3v) is 8.37. The summed E-state index contributed by atoms with van der Waals surface area (Å²) in [4.78, 5) is 31.9. The number of rotatable bonds is 6. The van der Waals surface area contributed by atoms with E-state index in [1.807, 2.05) is 31.5 Å². The average Bonchev–Trinajstić information content (AvgIpc) is 3.52. The SMILES string of the molecule is CC(C)(C)c1cn(C[C@H]2CCCO2)c(=NC(=O)c2cc(C(F)(F)F)ccc2OC[C@@H]2CCCCN2C(=O)O)s1. The Morgan fingerprint density at radius 2 is 1.95 bits per heavy atom. The second-order valence-electron chi connectivity index (χ2n) is 11.0. The molecule has 2 aliphatic rings. The fourth-order valence-corrected chi connectivity index (χ4v) is 5.77. The van der Waals surface area contributed by atoms with Crippen molar-refractivity contribution in [2.45, 2.75) is 83.2 Å². The van der Waals surface area contributed by atoms with E-state index < -0.39 is 29.8 Å². The van der Waals surface area contributed by atoms with Crippen LogP contribution in [0.3, 0.4) is 0 Å². The number of ether oxygens (including phenoxy) is 2. The molecular weight excluding hydrogens is 535 g/mol. The van der Waals surface area contributed by atoms with E-state index in [0.717, 1.165) is 48.8 Å². The number of halogens is 3. The Balaban J connectivity index is 1.69. The number of carbonyl (C=O) groups is 2. The number of aromatic nitrogens is 1. The van der Waals surface area contributed by atoms with Gasteiger partial charge >= 0.3 is 12.3 Å². The van der Waals surface area contributed by atoms with Gasteiger partial charge in [-0.05, 0) is 55.7 Å². The molecule has 0 saturated carbocycles. The Hall–Kier alpha value is -2.86. The van der Waals surface area contributed by atoms with Gasteiger partial charge in [-0.2, -0.15) is 18.2 Å². The maximum Gasteiger partial charge on any atom is 0.416 e. The van der Waals surface area contributed by atoms with Crippen LogP contribution < -0.4 is 9.54 Å². The Labute approximate surface area is 229 Å². The van der Waals surface area contributed by atoms with Gasteiger partial charge in [-0.3, -0.25) is 4.79 Å². The molecule has 1 aromatic carbocycles. The summed E-state index contributed by atoms with van der Waals surface area (Å²) in [6.45, 7) is 7.53. The van der Waals surface area contributed by atoms with Crippen molar-refractivity contribution < 1.29 is 37.3 Å². The Kier molecular flexibility index (Phi) is 8.75. The van der Waals surface area contributed by atoms with Crippen LogP contribution in [0.5, 0.6) is 5.75 Å². The number of amides is 2.